The highest BCUT2D eigenvalue weighted by atomic mass is 32.2. The second-order valence-corrected chi connectivity index (χ2v) is 4.80. The van der Waals surface area contributed by atoms with E-state index in [0.717, 1.165) is 10.9 Å². The van der Waals surface area contributed by atoms with E-state index in [0.29, 0.717) is 0 Å². The molecule has 1 atom stereocenters. The van der Waals surface area contributed by atoms with E-state index in [1.807, 2.05) is 12.1 Å². The highest BCUT2D eigenvalue weighted by molar-refractivity contribution is 8.14. The molecule has 0 N–H and O–H groups in total. The number of nitrogens with zero attached hydrogens (tertiary/aromatic N) is 4. The molecule has 3 rings (SSSR count). The van der Waals surface area contributed by atoms with Gasteiger partial charge in [0.1, 0.15) is 17.7 Å². The molecule has 2 aliphatic heterocycles. The zero-order chi connectivity index (χ0) is 11.7. The minimum atomic E-state index is -0.107. The number of hydrogen-bond donors (Lipinski definition) is 0. The Morgan fingerprint density at radius 1 is 1.12 bits per heavy atom. The molecule has 0 spiro atoms. The number of aryl methyl sites for hydroxylation is 1. The minimum absolute atomic E-state index is 0.107. The smallest absolute Gasteiger partial charge is 0.163 e. The maximum Gasteiger partial charge on any atom is 0.163 e. The molecule has 1 aromatic rings. The van der Waals surface area contributed by atoms with E-state index < -0.39 is 0 Å². The van der Waals surface area contributed by atoms with Gasteiger partial charge in [-0.1, -0.05) is 30.0 Å². The third kappa shape index (κ3) is 1.93. The first kappa shape index (κ1) is 10.4. The fourth-order valence-electron chi connectivity index (χ4n) is 1.66. The van der Waals surface area contributed by atoms with Crippen molar-refractivity contribution in [2.45, 2.75) is 17.9 Å². The lowest BCUT2D eigenvalue weighted by Crippen LogP contribution is -2.25. The molecule has 84 valence electrons. The lowest BCUT2D eigenvalue weighted by molar-refractivity contribution is 1.16. The van der Waals surface area contributed by atoms with Crippen LogP contribution in [-0.2, 0) is 0 Å². The van der Waals surface area contributed by atoms with Gasteiger partial charge in [-0.05, 0) is 18.6 Å². The van der Waals surface area contributed by atoms with Crippen molar-refractivity contribution in [3.63, 3.8) is 0 Å². The summed E-state index contributed by atoms with van der Waals surface area (Å²) in [6.45, 7) is 2.09. The van der Waals surface area contributed by atoms with Gasteiger partial charge in [-0.2, -0.15) is 0 Å². The highest BCUT2D eigenvalue weighted by Gasteiger charge is 2.26. The maximum absolute atomic E-state index is 4.30. The van der Waals surface area contributed by atoms with Gasteiger partial charge in [-0.15, -0.1) is 0 Å². The van der Waals surface area contributed by atoms with Crippen molar-refractivity contribution >= 4 is 35.3 Å². The molecule has 0 aromatic heterocycles. The second-order valence-electron chi connectivity index (χ2n) is 3.73. The van der Waals surface area contributed by atoms with Crippen LogP contribution in [0.1, 0.15) is 5.56 Å². The summed E-state index contributed by atoms with van der Waals surface area (Å²) in [6.07, 6.45) is 3.10. The van der Waals surface area contributed by atoms with Crippen molar-refractivity contribution in [1.29, 1.82) is 0 Å². The molecule has 1 aromatic carbocycles. The van der Waals surface area contributed by atoms with Gasteiger partial charge in [0.2, 0.25) is 0 Å². The molecule has 1 unspecified atom stereocenters. The number of rotatable bonds is 1. The van der Waals surface area contributed by atoms with Crippen LogP contribution < -0.4 is 0 Å². The van der Waals surface area contributed by atoms with Crippen LogP contribution in [0.5, 0.6) is 0 Å². The van der Waals surface area contributed by atoms with Crippen LogP contribution in [0.2, 0.25) is 0 Å². The van der Waals surface area contributed by atoms with E-state index in [4.69, 9.17) is 0 Å². The highest BCUT2D eigenvalue weighted by Crippen LogP contribution is 2.27. The van der Waals surface area contributed by atoms with Crippen molar-refractivity contribution in [1.82, 2.24) is 0 Å². The molecule has 0 radical (unpaired) electrons. The summed E-state index contributed by atoms with van der Waals surface area (Å²) in [7, 11) is 0. The summed E-state index contributed by atoms with van der Waals surface area (Å²) < 4.78 is 0. The molecule has 2 heterocycles. The van der Waals surface area contributed by atoms with Crippen LogP contribution >= 0.6 is 11.8 Å². The van der Waals surface area contributed by atoms with Crippen LogP contribution in [0.4, 0.5) is 0 Å². The van der Waals surface area contributed by atoms with Gasteiger partial charge in [-0.3, -0.25) is 4.99 Å². The van der Waals surface area contributed by atoms with Crippen molar-refractivity contribution < 1.29 is 0 Å². The fraction of sp³-hybridized carbons (Fsp3) is 0.167. The number of hydrogen-bond acceptors (Lipinski definition) is 5. The summed E-state index contributed by atoms with van der Waals surface area (Å²) in [6, 6.07) is 8.13. The van der Waals surface area contributed by atoms with E-state index in [-0.39, 0.29) is 6.04 Å². The molecular weight excluding hydrogens is 232 g/mol. The average molecular weight is 242 g/mol. The minimum Gasteiger partial charge on any atom is -0.255 e. The van der Waals surface area contributed by atoms with Gasteiger partial charge >= 0.3 is 0 Å². The fourth-order valence-corrected chi connectivity index (χ4v) is 2.63. The Hall–Kier alpha value is -1.75. The van der Waals surface area contributed by atoms with E-state index in [1.54, 1.807) is 24.4 Å². The third-order valence-corrected chi connectivity index (χ3v) is 3.78. The van der Waals surface area contributed by atoms with Gasteiger partial charge in [0.15, 0.2) is 11.9 Å². The Kier molecular flexibility index (Phi) is 2.60. The van der Waals surface area contributed by atoms with E-state index in [9.17, 15) is 0 Å². The van der Waals surface area contributed by atoms with Crippen molar-refractivity contribution in [3.05, 3.63) is 29.8 Å². The van der Waals surface area contributed by atoms with E-state index >= 15 is 0 Å². The van der Waals surface area contributed by atoms with Crippen molar-refractivity contribution in [2.75, 3.05) is 0 Å². The summed E-state index contributed by atoms with van der Waals surface area (Å²) in [4.78, 5) is 18.0. The Morgan fingerprint density at radius 2 is 2.00 bits per heavy atom. The average Bonchev–Trinajstić information content (AvgIpc) is 2.81. The van der Waals surface area contributed by atoms with Gasteiger partial charge in [0, 0.05) is 4.90 Å². The Balaban J connectivity index is 1.89. The number of aliphatic imine (C=N–C) groups is 4. The molecule has 5 heteroatoms. The third-order valence-electron chi connectivity index (χ3n) is 2.57. The zero-order valence-corrected chi connectivity index (χ0v) is 10.1. The Labute approximate surface area is 103 Å². The number of amidine groups is 1. The van der Waals surface area contributed by atoms with Crippen molar-refractivity contribution in [2.24, 2.45) is 20.0 Å². The molecule has 0 aliphatic carbocycles. The molecule has 2 aliphatic rings. The molecule has 0 saturated carbocycles. The Bertz CT molecular complexity index is 572. The van der Waals surface area contributed by atoms with Gasteiger partial charge in [0.25, 0.3) is 0 Å². The predicted molar refractivity (Wildman–Crippen MR) is 72.7 cm³/mol. The number of thioether (sulfide) groups is 1. The van der Waals surface area contributed by atoms with Crippen LogP contribution in [0, 0.1) is 6.92 Å². The monoisotopic (exact) mass is 242 g/mol. The van der Waals surface area contributed by atoms with Crippen molar-refractivity contribution in [3.8, 4) is 0 Å². The SMILES string of the molecule is Cc1ccccc1SC1=NC=NC2=NC=NC21. The first-order chi connectivity index (χ1) is 8.34. The molecular formula is C12H10N4S. The van der Waals surface area contributed by atoms with E-state index in [1.165, 1.54) is 10.5 Å². The number of fused-ring (bicyclic) bond motifs is 1. The summed E-state index contributed by atoms with van der Waals surface area (Å²) in [5.41, 5.74) is 1.24. The second kappa shape index (κ2) is 4.25. The molecule has 0 saturated heterocycles. The lowest BCUT2D eigenvalue weighted by Gasteiger charge is -2.14. The van der Waals surface area contributed by atoms with E-state index in [2.05, 4.69) is 39.0 Å². The first-order valence-corrected chi connectivity index (χ1v) is 6.09. The summed E-state index contributed by atoms with van der Waals surface area (Å²) in [5.74, 6) is 0.732. The van der Waals surface area contributed by atoms with Crippen LogP contribution in [0.25, 0.3) is 0 Å². The van der Waals surface area contributed by atoms with Crippen LogP contribution in [-0.4, -0.2) is 29.6 Å². The largest absolute Gasteiger partial charge is 0.255 e. The van der Waals surface area contributed by atoms with Gasteiger partial charge in [-0.25, -0.2) is 15.0 Å². The molecule has 0 amide bonds. The summed E-state index contributed by atoms with van der Waals surface area (Å²) in [5, 5.41) is 0.932. The van der Waals surface area contributed by atoms with Crippen LogP contribution in [0.3, 0.4) is 0 Å². The maximum atomic E-state index is 4.30. The molecule has 4 nitrogen and oxygen atoms in total. The first-order valence-electron chi connectivity index (χ1n) is 5.27. The standard InChI is InChI=1S/C12H10N4S/c1-8-4-2-3-5-9(8)17-12-10-11(14-6-13-10)15-7-16-12/h2-7,10H,1H3. The quantitative estimate of drug-likeness (QED) is 0.745. The number of benzene rings is 1. The normalized spacial score (nSPS) is 21.1. The predicted octanol–water partition coefficient (Wildman–Crippen LogP) is 2.34. The topological polar surface area (TPSA) is 49.4 Å². The van der Waals surface area contributed by atoms with Gasteiger partial charge in [0.05, 0.1) is 0 Å². The zero-order valence-electron chi connectivity index (χ0n) is 9.24. The lowest BCUT2D eigenvalue weighted by atomic mass is 10.2. The summed E-state index contributed by atoms with van der Waals surface area (Å²) >= 11 is 1.63. The van der Waals surface area contributed by atoms with Crippen LogP contribution in [0.15, 0.2) is 49.1 Å². The molecule has 0 bridgehead atoms. The molecule has 17 heavy (non-hydrogen) atoms. The molecule has 0 fully saturated rings. The van der Waals surface area contributed by atoms with Gasteiger partial charge < -0.3 is 0 Å². The Morgan fingerprint density at radius 3 is 2.88 bits per heavy atom.